The summed E-state index contributed by atoms with van der Waals surface area (Å²) in [6.07, 6.45) is 6.02. The van der Waals surface area contributed by atoms with Gasteiger partial charge in [0, 0.05) is 47.3 Å². The number of para-hydroxylation sites is 1. The van der Waals surface area contributed by atoms with Crippen molar-refractivity contribution in [2.24, 2.45) is 0 Å². The van der Waals surface area contributed by atoms with Gasteiger partial charge in [-0.1, -0.05) is 35.9 Å². The number of halogens is 1. The summed E-state index contributed by atoms with van der Waals surface area (Å²) in [5.41, 5.74) is 4.30. The van der Waals surface area contributed by atoms with Crippen LogP contribution in [0.5, 0.6) is 5.75 Å². The lowest BCUT2D eigenvalue weighted by atomic mass is 9.89. The first kappa shape index (κ1) is 27.4. The molecule has 0 spiro atoms. The number of amides is 2. The van der Waals surface area contributed by atoms with Gasteiger partial charge < -0.3 is 14.5 Å². The molecule has 1 aromatic heterocycles. The van der Waals surface area contributed by atoms with Gasteiger partial charge >= 0.3 is 0 Å². The van der Waals surface area contributed by atoms with E-state index in [-0.39, 0.29) is 23.9 Å². The van der Waals surface area contributed by atoms with E-state index in [2.05, 4.69) is 11.1 Å². The van der Waals surface area contributed by atoms with Gasteiger partial charge in [0.15, 0.2) is 0 Å². The maximum absolute atomic E-state index is 13.8. The zero-order valence-electron chi connectivity index (χ0n) is 22.7. The van der Waals surface area contributed by atoms with E-state index < -0.39 is 0 Å². The van der Waals surface area contributed by atoms with Crippen molar-refractivity contribution in [3.8, 4) is 5.75 Å². The first-order valence-electron chi connectivity index (χ1n) is 13.5. The molecule has 1 aliphatic rings. The van der Waals surface area contributed by atoms with Crippen LogP contribution in [0.3, 0.4) is 0 Å². The Hall–Kier alpha value is -4.16. The van der Waals surface area contributed by atoms with Crippen LogP contribution in [0.1, 0.15) is 54.2 Å². The van der Waals surface area contributed by atoms with Gasteiger partial charge in [-0.2, -0.15) is 0 Å². The van der Waals surface area contributed by atoms with Gasteiger partial charge in [-0.05, 0) is 98.0 Å². The second-order valence-electron chi connectivity index (χ2n) is 10.0. The van der Waals surface area contributed by atoms with E-state index in [1.54, 1.807) is 30.2 Å². The molecule has 7 heteroatoms. The molecule has 0 bridgehead atoms. The summed E-state index contributed by atoms with van der Waals surface area (Å²) in [5, 5.41) is 0.614. The van der Waals surface area contributed by atoms with Crippen LogP contribution in [0.4, 0.5) is 11.4 Å². The number of aryl methyl sites for hydroxylation is 1. The Morgan fingerprint density at radius 3 is 2.45 bits per heavy atom. The molecule has 5 rings (SSSR count). The zero-order valence-corrected chi connectivity index (χ0v) is 23.4. The standard InChI is InChI=1S/C33H32ClN3O3/c1-23-21-32(37(24(2)38)28-15-13-27(34)14-16-28)30-9-3-4-10-31(30)36(23)33(39)26-11-17-29(18-12-26)40-20-6-8-25-7-5-19-35-22-25/h3-5,7,9-19,22-23,32H,6,8,20-21H2,1-2H3. The normalized spacial score (nSPS) is 16.2. The topological polar surface area (TPSA) is 62.7 Å². The predicted octanol–water partition coefficient (Wildman–Crippen LogP) is 7.28. The summed E-state index contributed by atoms with van der Waals surface area (Å²) >= 11 is 6.11. The van der Waals surface area contributed by atoms with Crippen LogP contribution >= 0.6 is 11.6 Å². The fourth-order valence-corrected chi connectivity index (χ4v) is 5.49. The van der Waals surface area contributed by atoms with E-state index in [0.29, 0.717) is 23.6 Å². The number of aromatic nitrogens is 1. The van der Waals surface area contributed by atoms with Crippen LogP contribution in [0.2, 0.25) is 5.02 Å². The predicted molar refractivity (Wildman–Crippen MR) is 159 cm³/mol. The number of anilines is 2. The maximum Gasteiger partial charge on any atom is 0.258 e. The highest BCUT2D eigenvalue weighted by Gasteiger charge is 2.38. The van der Waals surface area contributed by atoms with Crippen molar-refractivity contribution in [3.05, 3.63) is 119 Å². The van der Waals surface area contributed by atoms with Crippen LogP contribution in [0.25, 0.3) is 0 Å². The lowest BCUT2D eigenvalue weighted by molar-refractivity contribution is -0.117. The number of carbonyl (C=O) groups excluding carboxylic acids is 2. The molecule has 0 aliphatic carbocycles. The Morgan fingerprint density at radius 2 is 1.75 bits per heavy atom. The molecule has 4 aromatic rings. The smallest absolute Gasteiger partial charge is 0.258 e. The molecule has 2 heterocycles. The second kappa shape index (κ2) is 12.3. The van der Waals surface area contributed by atoms with Crippen molar-refractivity contribution in [2.45, 2.75) is 45.2 Å². The minimum absolute atomic E-state index is 0.0647. The molecule has 3 aromatic carbocycles. The third kappa shape index (κ3) is 6.02. The summed E-state index contributed by atoms with van der Waals surface area (Å²) in [4.78, 5) is 34.5. The molecule has 2 unspecified atom stereocenters. The first-order chi connectivity index (χ1) is 19.4. The number of nitrogens with zero attached hydrogens (tertiary/aromatic N) is 3. The number of hydrogen-bond donors (Lipinski definition) is 0. The number of ether oxygens (including phenoxy) is 1. The fourth-order valence-electron chi connectivity index (χ4n) is 5.36. The molecule has 2 amide bonds. The Kier molecular flexibility index (Phi) is 8.46. The molecule has 0 saturated carbocycles. The van der Waals surface area contributed by atoms with Crippen LogP contribution in [0, 0.1) is 0 Å². The van der Waals surface area contributed by atoms with Gasteiger partial charge in [0.25, 0.3) is 5.91 Å². The molecule has 2 atom stereocenters. The maximum atomic E-state index is 13.8. The van der Waals surface area contributed by atoms with Crippen LogP contribution in [0.15, 0.2) is 97.3 Å². The Bertz CT molecular complexity index is 1460. The van der Waals surface area contributed by atoms with Crippen molar-refractivity contribution in [1.82, 2.24) is 4.98 Å². The Labute approximate surface area is 240 Å². The molecule has 0 fully saturated rings. The van der Waals surface area contributed by atoms with Crippen molar-refractivity contribution in [1.29, 1.82) is 0 Å². The highest BCUT2D eigenvalue weighted by molar-refractivity contribution is 6.30. The average Bonchev–Trinajstić information content (AvgIpc) is 2.97. The highest BCUT2D eigenvalue weighted by Crippen LogP contribution is 2.43. The number of fused-ring (bicyclic) bond motifs is 1. The SMILES string of the molecule is CC(=O)N(c1ccc(Cl)cc1)C1CC(C)N(C(=O)c2ccc(OCCCc3cccnc3)cc2)c2ccccc21. The van der Waals surface area contributed by atoms with Crippen molar-refractivity contribution < 1.29 is 14.3 Å². The lowest BCUT2D eigenvalue weighted by Crippen LogP contribution is -2.47. The lowest BCUT2D eigenvalue weighted by Gasteiger charge is -2.43. The summed E-state index contributed by atoms with van der Waals surface area (Å²) in [6, 6.07) is 26.1. The van der Waals surface area contributed by atoms with Crippen LogP contribution in [-0.2, 0) is 11.2 Å². The molecule has 204 valence electrons. The number of rotatable bonds is 8. The van der Waals surface area contributed by atoms with E-state index in [0.717, 1.165) is 35.5 Å². The van der Waals surface area contributed by atoms with Crippen molar-refractivity contribution >= 4 is 34.8 Å². The van der Waals surface area contributed by atoms with Crippen molar-refractivity contribution in [3.63, 3.8) is 0 Å². The quantitative estimate of drug-likeness (QED) is 0.215. The summed E-state index contributed by atoms with van der Waals surface area (Å²) in [6.45, 7) is 4.18. The van der Waals surface area contributed by atoms with E-state index in [1.807, 2.05) is 84.8 Å². The highest BCUT2D eigenvalue weighted by atomic mass is 35.5. The third-order valence-corrected chi connectivity index (χ3v) is 7.49. The van der Waals surface area contributed by atoms with Gasteiger partial charge in [0.05, 0.1) is 12.6 Å². The average molecular weight is 554 g/mol. The van der Waals surface area contributed by atoms with Crippen LogP contribution in [-0.4, -0.2) is 29.4 Å². The molecule has 6 nitrogen and oxygen atoms in total. The molecule has 40 heavy (non-hydrogen) atoms. The molecule has 0 saturated heterocycles. The van der Waals surface area contributed by atoms with Crippen LogP contribution < -0.4 is 14.5 Å². The molecule has 0 N–H and O–H groups in total. The number of hydrogen-bond acceptors (Lipinski definition) is 4. The van der Waals surface area contributed by atoms with Gasteiger partial charge in [0.2, 0.25) is 5.91 Å². The largest absolute Gasteiger partial charge is 0.494 e. The monoisotopic (exact) mass is 553 g/mol. The number of carbonyl (C=O) groups is 2. The summed E-state index contributed by atoms with van der Waals surface area (Å²) < 4.78 is 5.91. The Morgan fingerprint density at radius 1 is 1.00 bits per heavy atom. The van der Waals surface area contributed by atoms with E-state index >= 15 is 0 Å². The molecular formula is C33H32ClN3O3. The fraction of sp³-hybridized carbons (Fsp3) is 0.242. The number of benzene rings is 3. The van der Waals surface area contributed by atoms with Gasteiger partial charge in [-0.25, -0.2) is 0 Å². The first-order valence-corrected chi connectivity index (χ1v) is 13.9. The van der Waals surface area contributed by atoms with E-state index in [4.69, 9.17) is 16.3 Å². The third-order valence-electron chi connectivity index (χ3n) is 7.24. The Balaban J connectivity index is 1.32. The van der Waals surface area contributed by atoms with Gasteiger partial charge in [-0.15, -0.1) is 0 Å². The van der Waals surface area contributed by atoms with Gasteiger partial charge in [-0.3, -0.25) is 14.6 Å². The number of pyridine rings is 1. The summed E-state index contributed by atoms with van der Waals surface area (Å²) in [7, 11) is 0. The van der Waals surface area contributed by atoms with Gasteiger partial charge in [0.1, 0.15) is 5.75 Å². The minimum atomic E-state index is -0.212. The molecular weight excluding hydrogens is 522 g/mol. The second-order valence-corrected chi connectivity index (χ2v) is 10.5. The minimum Gasteiger partial charge on any atom is -0.494 e. The van der Waals surface area contributed by atoms with Crippen molar-refractivity contribution in [2.75, 3.05) is 16.4 Å². The van der Waals surface area contributed by atoms with E-state index in [9.17, 15) is 9.59 Å². The molecule has 1 aliphatic heterocycles. The summed E-state index contributed by atoms with van der Waals surface area (Å²) in [5.74, 6) is 0.586. The van der Waals surface area contributed by atoms with E-state index in [1.165, 1.54) is 5.56 Å². The zero-order chi connectivity index (χ0) is 28.1. The molecule has 0 radical (unpaired) electrons.